The lowest BCUT2D eigenvalue weighted by atomic mass is 10.2. The van der Waals surface area contributed by atoms with Crippen LogP contribution >= 0.6 is 0 Å². The average molecular weight is 305 g/mol. The summed E-state index contributed by atoms with van der Waals surface area (Å²) in [5.41, 5.74) is 0. The lowest BCUT2D eigenvalue weighted by molar-refractivity contribution is -0.157. The van der Waals surface area contributed by atoms with Crippen LogP contribution in [0.3, 0.4) is 0 Å². The van der Waals surface area contributed by atoms with E-state index in [0.29, 0.717) is 11.5 Å². The SMILES string of the molecule is O=C(COC(=O)C1COc2ccccc2O1)NC1CCCC1. The number of carbonyl (C=O) groups excluding carboxylic acids is 2. The first-order chi connectivity index (χ1) is 10.7. The van der Waals surface area contributed by atoms with Gasteiger partial charge in [-0.15, -0.1) is 0 Å². The summed E-state index contributed by atoms with van der Waals surface area (Å²) in [7, 11) is 0. The van der Waals surface area contributed by atoms with Crippen LogP contribution < -0.4 is 14.8 Å². The number of benzene rings is 1. The van der Waals surface area contributed by atoms with Crippen LogP contribution in [0.5, 0.6) is 11.5 Å². The molecule has 1 amide bonds. The Hall–Kier alpha value is -2.24. The molecule has 3 rings (SSSR count). The molecule has 1 heterocycles. The minimum absolute atomic E-state index is 0.0834. The van der Waals surface area contributed by atoms with E-state index in [1.54, 1.807) is 18.2 Å². The third-order valence-electron chi connectivity index (χ3n) is 3.84. The zero-order valence-corrected chi connectivity index (χ0v) is 12.2. The van der Waals surface area contributed by atoms with Crippen LogP contribution in [0.15, 0.2) is 24.3 Å². The molecule has 6 nitrogen and oxygen atoms in total. The van der Waals surface area contributed by atoms with E-state index in [0.717, 1.165) is 25.7 Å². The number of nitrogens with one attached hydrogen (secondary N) is 1. The zero-order valence-electron chi connectivity index (χ0n) is 12.2. The van der Waals surface area contributed by atoms with Gasteiger partial charge in [-0.05, 0) is 25.0 Å². The molecule has 6 heteroatoms. The van der Waals surface area contributed by atoms with Crippen molar-refractivity contribution in [1.29, 1.82) is 0 Å². The Morgan fingerprint density at radius 1 is 1.18 bits per heavy atom. The zero-order chi connectivity index (χ0) is 15.4. The Morgan fingerprint density at radius 2 is 1.91 bits per heavy atom. The summed E-state index contributed by atoms with van der Waals surface area (Å²) in [5.74, 6) is 0.255. The van der Waals surface area contributed by atoms with E-state index in [1.807, 2.05) is 6.07 Å². The molecule has 1 aromatic rings. The molecule has 118 valence electrons. The summed E-state index contributed by atoms with van der Waals surface area (Å²) in [6.45, 7) is -0.197. The van der Waals surface area contributed by atoms with Crippen molar-refractivity contribution in [2.24, 2.45) is 0 Å². The van der Waals surface area contributed by atoms with Crippen LogP contribution in [0.1, 0.15) is 25.7 Å². The summed E-state index contributed by atoms with van der Waals surface area (Å²) in [6.07, 6.45) is 3.43. The van der Waals surface area contributed by atoms with Gasteiger partial charge in [0.25, 0.3) is 5.91 Å². The normalized spacial score (nSPS) is 20.5. The second kappa shape index (κ2) is 6.68. The molecule has 0 radical (unpaired) electrons. The first-order valence-corrected chi connectivity index (χ1v) is 7.57. The Balaban J connectivity index is 1.45. The summed E-state index contributed by atoms with van der Waals surface area (Å²) in [4.78, 5) is 23.7. The number of carbonyl (C=O) groups is 2. The summed E-state index contributed by atoms with van der Waals surface area (Å²) < 4.78 is 16.0. The molecule has 0 bridgehead atoms. The van der Waals surface area contributed by atoms with Crippen molar-refractivity contribution >= 4 is 11.9 Å². The van der Waals surface area contributed by atoms with Crippen molar-refractivity contribution < 1.29 is 23.8 Å². The third kappa shape index (κ3) is 3.50. The van der Waals surface area contributed by atoms with Crippen LogP contribution in [0.2, 0.25) is 0 Å². The summed E-state index contributed by atoms with van der Waals surface area (Å²) in [5, 5.41) is 2.86. The lowest BCUT2D eigenvalue weighted by Crippen LogP contribution is -2.41. The molecule has 1 N–H and O–H groups in total. The number of hydrogen-bond donors (Lipinski definition) is 1. The number of rotatable bonds is 4. The van der Waals surface area contributed by atoms with Crippen molar-refractivity contribution in [3.05, 3.63) is 24.3 Å². The highest BCUT2D eigenvalue weighted by molar-refractivity contribution is 5.82. The molecule has 2 aliphatic rings. The number of para-hydroxylation sites is 2. The van der Waals surface area contributed by atoms with Crippen molar-refractivity contribution in [3.63, 3.8) is 0 Å². The molecule has 0 aromatic heterocycles. The van der Waals surface area contributed by atoms with Gasteiger partial charge in [-0.25, -0.2) is 4.79 Å². The molecular formula is C16H19NO5. The quantitative estimate of drug-likeness (QED) is 0.852. The Kier molecular flexibility index (Phi) is 4.46. The predicted octanol–water partition coefficient (Wildman–Crippen LogP) is 1.43. The third-order valence-corrected chi connectivity index (χ3v) is 3.84. The van der Waals surface area contributed by atoms with Gasteiger partial charge in [-0.3, -0.25) is 4.79 Å². The molecule has 1 saturated carbocycles. The smallest absolute Gasteiger partial charge is 0.351 e. The minimum Gasteiger partial charge on any atom is -0.485 e. The second-order valence-electron chi connectivity index (χ2n) is 5.52. The Labute approximate surface area is 128 Å². The maximum absolute atomic E-state index is 11.9. The predicted molar refractivity (Wildman–Crippen MR) is 77.7 cm³/mol. The maximum Gasteiger partial charge on any atom is 0.351 e. The van der Waals surface area contributed by atoms with Gasteiger partial charge in [-0.2, -0.15) is 0 Å². The van der Waals surface area contributed by atoms with Crippen LogP contribution in [0, 0.1) is 0 Å². The molecule has 0 saturated heterocycles. The van der Waals surface area contributed by atoms with E-state index < -0.39 is 12.1 Å². The number of amides is 1. The minimum atomic E-state index is -0.839. The van der Waals surface area contributed by atoms with Gasteiger partial charge in [0.1, 0.15) is 6.61 Å². The van der Waals surface area contributed by atoms with Gasteiger partial charge < -0.3 is 19.5 Å². The van der Waals surface area contributed by atoms with Crippen molar-refractivity contribution in [3.8, 4) is 11.5 Å². The first kappa shape index (κ1) is 14.7. The maximum atomic E-state index is 11.9. The summed E-state index contributed by atoms with van der Waals surface area (Å²) >= 11 is 0. The molecular weight excluding hydrogens is 286 g/mol. The molecule has 0 spiro atoms. The average Bonchev–Trinajstić information content (AvgIpc) is 3.05. The van der Waals surface area contributed by atoms with E-state index in [2.05, 4.69) is 5.32 Å². The van der Waals surface area contributed by atoms with Gasteiger partial charge in [0, 0.05) is 6.04 Å². The summed E-state index contributed by atoms with van der Waals surface area (Å²) in [6, 6.07) is 7.33. The van der Waals surface area contributed by atoms with Crippen molar-refractivity contribution in [2.45, 2.75) is 37.8 Å². The van der Waals surface area contributed by atoms with E-state index in [-0.39, 0.29) is 25.2 Å². The standard InChI is InChI=1S/C16H19NO5/c18-15(17-11-5-1-2-6-11)10-21-16(19)14-9-20-12-7-3-4-8-13(12)22-14/h3-4,7-8,11,14H,1-2,5-6,9-10H2,(H,17,18). The van der Waals surface area contributed by atoms with Crippen LogP contribution in [0.4, 0.5) is 0 Å². The van der Waals surface area contributed by atoms with Crippen LogP contribution in [-0.4, -0.2) is 37.2 Å². The second-order valence-corrected chi connectivity index (χ2v) is 5.52. The molecule has 1 aromatic carbocycles. The highest BCUT2D eigenvalue weighted by Crippen LogP contribution is 2.31. The van der Waals surface area contributed by atoms with Gasteiger partial charge in [0.05, 0.1) is 0 Å². The fraction of sp³-hybridized carbons (Fsp3) is 0.500. The molecule has 1 aliphatic carbocycles. The number of hydrogen-bond acceptors (Lipinski definition) is 5. The molecule has 1 atom stereocenters. The fourth-order valence-corrected chi connectivity index (χ4v) is 2.70. The molecule has 1 unspecified atom stereocenters. The van der Waals surface area contributed by atoms with Crippen molar-refractivity contribution in [2.75, 3.05) is 13.2 Å². The van der Waals surface area contributed by atoms with Gasteiger partial charge >= 0.3 is 5.97 Å². The van der Waals surface area contributed by atoms with Crippen LogP contribution in [-0.2, 0) is 14.3 Å². The Morgan fingerprint density at radius 3 is 2.68 bits per heavy atom. The fourth-order valence-electron chi connectivity index (χ4n) is 2.70. The van der Waals surface area contributed by atoms with Gasteiger partial charge in [0.2, 0.25) is 6.10 Å². The first-order valence-electron chi connectivity index (χ1n) is 7.57. The van der Waals surface area contributed by atoms with Crippen molar-refractivity contribution in [1.82, 2.24) is 5.32 Å². The number of esters is 1. The molecule has 22 heavy (non-hydrogen) atoms. The molecule has 1 fully saturated rings. The highest BCUT2D eigenvalue weighted by Gasteiger charge is 2.29. The lowest BCUT2D eigenvalue weighted by Gasteiger charge is -2.24. The van der Waals surface area contributed by atoms with E-state index in [4.69, 9.17) is 14.2 Å². The van der Waals surface area contributed by atoms with Gasteiger partial charge in [0.15, 0.2) is 18.1 Å². The number of fused-ring (bicyclic) bond motifs is 1. The topological polar surface area (TPSA) is 73.9 Å². The molecule has 1 aliphatic heterocycles. The monoisotopic (exact) mass is 305 g/mol. The van der Waals surface area contributed by atoms with Crippen LogP contribution in [0.25, 0.3) is 0 Å². The Bertz CT molecular complexity index is 553. The van der Waals surface area contributed by atoms with Gasteiger partial charge in [-0.1, -0.05) is 25.0 Å². The highest BCUT2D eigenvalue weighted by atomic mass is 16.6. The largest absolute Gasteiger partial charge is 0.485 e. The number of ether oxygens (including phenoxy) is 3. The van der Waals surface area contributed by atoms with E-state index in [9.17, 15) is 9.59 Å². The van der Waals surface area contributed by atoms with E-state index >= 15 is 0 Å². The van der Waals surface area contributed by atoms with E-state index in [1.165, 1.54) is 0 Å².